The number of ether oxygens (including phenoxy) is 1. The third-order valence-electron chi connectivity index (χ3n) is 2.06. The van der Waals surface area contributed by atoms with Crippen molar-refractivity contribution in [2.75, 3.05) is 6.61 Å². The molecule has 0 aromatic heterocycles. The van der Waals surface area contributed by atoms with Crippen molar-refractivity contribution in [2.45, 2.75) is 45.3 Å². The van der Waals surface area contributed by atoms with Crippen LogP contribution in [0.1, 0.15) is 39.5 Å². The van der Waals surface area contributed by atoms with Gasteiger partial charge in [0.2, 0.25) is 0 Å². The van der Waals surface area contributed by atoms with Crippen molar-refractivity contribution in [3.8, 4) is 0 Å². The minimum Gasteiger partial charge on any atom is -0.365 e. The topological polar surface area (TPSA) is 29.5 Å². The van der Waals surface area contributed by atoms with Gasteiger partial charge in [-0.05, 0) is 18.8 Å². The van der Waals surface area contributed by atoms with E-state index in [1.807, 2.05) is 0 Å². The van der Waals surface area contributed by atoms with E-state index in [-0.39, 0.29) is 17.4 Å². The molecule has 72 valence electrons. The molecule has 12 heavy (non-hydrogen) atoms. The highest BCUT2D eigenvalue weighted by atomic mass is 27.0. The van der Waals surface area contributed by atoms with E-state index < -0.39 is 5.79 Å². The summed E-state index contributed by atoms with van der Waals surface area (Å²) in [6, 6.07) is 0. The van der Waals surface area contributed by atoms with Gasteiger partial charge in [0.15, 0.2) is 23.1 Å². The Balaban J connectivity index is 0.00000121. The first kappa shape index (κ1) is 12.5. The summed E-state index contributed by atoms with van der Waals surface area (Å²) in [5.74, 6) is -0.287. The minimum atomic E-state index is -0.799. The van der Waals surface area contributed by atoms with Gasteiger partial charge in [0, 0.05) is 12.8 Å². The van der Waals surface area contributed by atoms with Gasteiger partial charge in [-0.1, -0.05) is 13.8 Å². The van der Waals surface area contributed by atoms with Crippen molar-refractivity contribution in [1.29, 1.82) is 0 Å². The first-order valence-corrected chi connectivity index (χ1v) is 4.49. The molecule has 1 aliphatic heterocycles. The normalized spacial score (nSPS) is 30.0. The smallest absolute Gasteiger partial charge is 0.187 e. The second kappa shape index (κ2) is 5.24. The molecule has 1 atom stereocenters. The lowest BCUT2D eigenvalue weighted by molar-refractivity contribution is -0.232. The Morgan fingerprint density at radius 2 is 2.08 bits per heavy atom. The summed E-state index contributed by atoms with van der Waals surface area (Å²) in [7, 11) is 0. The molecule has 0 radical (unpaired) electrons. The van der Waals surface area contributed by atoms with E-state index >= 15 is 0 Å². The van der Waals surface area contributed by atoms with Crippen molar-refractivity contribution in [3.63, 3.8) is 0 Å². The molecule has 1 fully saturated rings. The average Bonchev–Trinajstić information content (AvgIpc) is 1.85. The van der Waals surface area contributed by atoms with Crippen LogP contribution in [0.4, 0.5) is 0 Å². The van der Waals surface area contributed by atoms with E-state index in [9.17, 15) is 5.11 Å². The number of hydrogen-bond acceptors (Lipinski definition) is 2. The Morgan fingerprint density at radius 3 is 2.50 bits per heavy atom. The van der Waals surface area contributed by atoms with Crippen molar-refractivity contribution < 1.29 is 9.84 Å². The molecule has 1 N–H and O–H groups in total. The largest absolute Gasteiger partial charge is 0.365 e. The van der Waals surface area contributed by atoms with E-state index in [0.29, 0.717) is 5.92 Å². The lowest BCUT2D eigenvalue weighted by Crippen LogP contribution is -2.37. The third-order valence-corrected chi connectivity index (χ3v) is 2.06. The maximum atomic E-state index is 9.82. The summed E-state index contributed by atoms with van der Waals surface area (Å²) in [4.78, 5) is 0. The Bertz CT molecular complexity index is 120. The molecule has 2 nitrogen and oxygen atoms in total. The van der Waals surface area contributed by atoms with Gasteiger partial charge in [-0.3, -0.25) is 0 Å². The summed E-state index contributed by atoms with van der Waals surface area (Å²) in [6.07, 6.45) is 3.78. The van der Waals surface area contributed by atoms with E-state index in [1.54, 1.807) is 0 Å². The first-order chi connectivity index (χ1) is 5.12. The van der Waals surface area contributed by atoms with Crippen LogP contribution in [0.15, 0.2) is 0 Å². The van der Waals surface area contributed by atoms with Gasteiger partial charge in [0.25, 0.3) is 0 Å². The molecular weight excluding hydrogens is 167 g/mol. The molecule has 0 bridgehead atoms. The zero-order valence-corrected chi connectivity index (χ0v) is 7.47. The molecule has 0 aliphatic carbocycles. The minimum absolute atomic E-state index is 0. The highest BCUT2D eigenvalue weighted by molar-refractivity contribution is 5.75. The van der Waals surface area contributed by atoms with Crippen LogP contribution in [0, 0.1) is 5.92 Å². The van der Waals surface area contributed by atoms with Gasteiger partial charge in [-0.25, -0.2) is 0 Å². The van der Waals surface area contributed by atoms with Gasteiger partial charge in [0.1, 0.15) is 0 Å². The van der Waals surface area contributed by atoms with Crippen LogP contribution in [0.5, 0.6) is 0 Å². The SMILES string of the molecule is CC(C)CC1(O)CCCCO1.[AlH3]. The second-order valence-corrected chi connectivity index (χ2v) is 3.85. The van der Waals surface area contributed by atoms with Crippen LogP contribution < -0.4 is 0 Å². The highest BCUT2D eigenvalue weighted by Gasteiger charge is 2.30. The number of aliphatic hydroxyl groups is 1. The van der Waals surface area contributed by atoms with Crippen molar-refractivity contribution in [3.05, 3.63) is 0 Å². The number of rotatable bonds is 2. The molecule has 3 heteroatoms. The van der Waals surface area contributed by atoms with Crippen LogP contribution in [0.2, 0.25) is 0 Å². The van der Waals surface area contributed by atoms with Gasteiger partial charge in [-0.15, -0.1) is 0 Å². The zero-order chi connectivity index (χ0) is 8.32. The summed E-state index contributed by atoms with van der Waals surface area (Å²) in [5, 5.41) is 9.82. The van der Waals surface area contributed by atoms with Crippen LogP contribution in [0.25, 0.3) is 0 Å². The molecule has 0 aromatic rings. The monoisotopic (exact) mass is 188 g/mol. The molecule has 0 saturated carbocycles. The molecule has 1 unspecified atom stereocenters. The summed E-state index contributed by atoms with van der Waals surface area (Å²) >= 11 is 0. The van der Waals surface area contributed by atoms with E-state index in [0.717, 1.165) is 32.3 Å². The van der Waals surface area contributed by atoms with E-state index in [4.69, 9.17) is 4.74 Å². The predicted molar refractivity (Wildman–Crippen MR) is 54.1 cm³/mol. The molecule has 0 amide bonds. The average molecular weight is 188 g/mol. The Hall–Kier alpha value is 0.452. The first-order valence-electron chi connectivity index (χ1n) is 4.49. The molecule has 1 saturated heterocycles. The van der Waals surface area contributed by atoms with Gasteiger partial charge >= 0.3 is 0 Å². The van der Waals surface area contributed by atoms with E-state index in [1.165, 1.54) is 0 Å². The van der Waals surface area contributed by atoms with Gasteiger partial charge in [-0.2, -0.15) is 0 Å². The summed E-state index contributed by atoms with van der Waals surface area (Å²) in [5.41, 5.74) is 0. The van der Waals surface area contributed by atoms with Crippen LogP contribution in [-0.4, -0.2) is 34.9 Å². The lowest BCUT2D eigenvalue weighted by atomic mass is 9.96. The molecule has 1 heterocycles. The van der Waals surface area contributed by atoms with Crippen LogP contribution >= 0.6 is 0 Å². The van der Waals surface area contributed by atoms with Gasteiger partial charge < -0.3 is 9.84 Å². The maximum Gasteiger partial charge on any atom is 0.187 e. The fourth-order valence-electron chi connectivity index (χ4n) is 1.64. The Morgan fingerprint density at radius 1 is 1.42 bits per heavy atom. The van der Waals surface area contributed by atoms with Crippen molar-refractivity contribution in [1.82, 2.24) is 0 Å². The summed E-state index contributed by atoms with van der Waals surface area (Å²) < 4.78 is 5.33. The standard InChI is InChI=1S/C9H18O2.Al.3H/c1-8(2)7-9(10)5-3-4-6-11-9;;;;/h8,10H,3-7H2,1-2H3;;;;. The zero-order valence-electron chi connectivity index (χ0n) is 7.47. The van der Waals surface area contributed by atoms with Crippen molar-refractivity contribution >= 4 is 17.4 Å². The fourth-order valence-corrected chi connectivity index (χ4v) is 1.64. The number of hydrogen-bond donors (Lipinski definition) is 1. The van der Waals surface area contributed by atoms with Gasteiger partial charge in [0.05, 0.1) is 6.61 Å². The maximum absolute atomic E-state index is 9.82. The Labute approximate surface area is 85.4 Å². The molecule has 1 rings (SSSR count). The fraction of sp³-hybridized carbons (Fsp3) is 1.00. The molecule has 0 aromatic carbocycles. The predicted octanol–water partition coefficient (Wildman–Crippen LogP) is 0.738. The molecule has 0 spiro atoms. The summed E-state index contributed by atoms with van der Waals surface area (Å²) in [6.45, 7) is 4.94. The van der Waals surface area contributed by atoms with Crippen LogP contribution in [0.3, 0.4) is 0 Å². The molecule has 1 aliphatic rings. The Kier molecular flexibility index (Phi) is 5.44. The highest BCUT2D eigenvalue weighted by Crippen LogP contribution is 2.28. The van der Waals surface area contributed by atoms with Crippen molar-refractivity contribution in [2.24, 2.45) is 5.92 Å². The van der Waals surface area contributed by atoms with E-state index in [2.05, 4.69) is 13.8 Å². The second-order valence-electron chi connectivity index (χ2n) is 3.85. The molecular formula is C9H21AlO2. The quantitative estimate of drug-likeness (QED) is 0.648. The van der Waals surface area contributed by atoms with Crippen LogP contribution in [-0.2, 0) is 4.74 Å². The third kappa shape index (κ3) is 3.91. The lowest BCUT2D eigenvalue weighted by Gasteiger charge is -2.33.